The highest BCUT2D eigenvalue weighted by Crippen LogP contribution is 2.44. The van der Waals surface area contributed by atoms with Crippen LogP contribution in [0.2, 0.25) is 0 Å². The molecule has 0 aliphatic heterocycles. The van der Waals surface area contributed by atoms with Crippen LogP contribution in [0.3, 0.4) is 0 Å². The zero-order chi connectivity index (χ0) is 27.2. The molecule has 3 aromatic rings. The first-order valence-corrected chi connectivity index (χ1v) is 12.1. The van der Waals surface area contributed by atoms with Gasteiger partial charge in [0.15, 0.2) is 13.6 Å². The molecule has 190 valence electrons. The Labute approximate surface area is 203 Å². The monoisotopic (exact) mass is 526 g/mol. The van der Waals surface area contributed by atoms with Crippen molar-refractivity contribution in [2.45, 2.75) is 40.0 Å². The van der Waals surface area contributed by atoms with Crippen LogP contribution in [0.1, 0.15) is 59.7 Å². The molecular weight excluding hydrogens is 505 g/mol. The fourth-order valence-corrected chi connectivity index (χ4v) is 5.98. The van der Waals surface area contributed by atoms with Gasteiger partial charge in [-0.2, -0.15) is 26.3 Å². The molecule has 0 N–H and O–H groups in total. The Bertz CT molecular complexity index is 1390. The minimum absolute atomic E-state index is 0.192. The summed E-state index contributed by atoms with van der Waals surface area (Å²) in [5.41, 5.74) is -4.79. The first kappa shape index (κ1) is 27.4. The fraction of sp³-hybridized carbons (Fsp3) is 0.231. The Balaban J connectivity index is 2.38. The highest BCUT2D eigenvalue weighted by atomic mass is 31.1. The molecule has 3 aromatic carbocycles. The van der Waals surface area contributed by atoms with Gasteiger partial charge in [0.1, 0.15) is 0 Å². The molecule has 0 saturated carbocycles. The summed E-state index contributed by atoms with van der Waals surface area (Å²) in [7, 11) is -4.41. The molecule has 0 aromatic heterocycles. The van der Waals surface area contributed by atoms with Crippen LogP contribution < -0.4 is 5.30 Å². The molecule has 0 aliphatic carbocycles. The summed E-state index contributed by atoms with van der Waals surface area (Å²) in [4.78, 5) is 26.2. The van der Waals surface area contributed by atoms with Gasteiger partial charge in [-0.25, -0.2) is 0 Å². The molecule has 3 nitrogen and oxygen atoms in total. The highest BCUT2D eigenvalue weighted by Gasteiger charge is 2.46. The van der Waals surface area contributed by atoms with Crippen molar-refractivity contribution < 1.29 is 40.5 Å². The second kappa shape index (κ2) is 9.69. The van der Waals surface area contributed by atoms with Crippen LogP contribution in [-0.2, 0) is 16.9 Å². The second-order valence-electron chi connectivity index (χ2n) is 8.39. The summed E-state index contributed by atoms with van der Waals surface area (Å²) in [5.74, 6) is -1.21. The van der Waals surface area contributed by atoms with Crippen molar-refractivity contribution in [3.05, 3.63) is 98.6 Å². The Morgan fingerprint density at radius 3 is 1.86 bits per heavy atom. The molecule has 3 rings (SSSR count). The van der Waals surface area contributed by atoms with E-state index in [2.05, 4.69) is 0 Å². The van der Waals surface area contributed by atoms with Crippen LogP contribution in [0.25, 0.3) is 0 Å². The second-order valence-corrected chi connectivity index (χ2v) is 10.0. The van der Waals surface area contributed by atoms with Gasteiger partial charge in [-0.3, -0.25) is 9.59 Å². The molecular formula is C26H21F6O3P. The van der Waals surface area contributed by atoms with Gasteiger partial charge in [0.2, 0.25) is 5.52 Å². The van der Waals surface area contributed by atoms with Crippen molar-refractivity contribution in [3.63, 3.8) is 0 Å². The van der Waals surface area contributed by atoms with Crippen molar-refractivity contribution in [3.8, 4) is 0 Å². The van der Waals surface area contributed by atoms with Crippen LogP contribution in [0.15, 0.2) is 48.5 Å². The summed E-state index contributed by atoms with van der Waals surface area (Å²) in [6.45, 7) is 6.32. The third-order valence-corrected chi connectivity index (χ3v) is 7.73. The maximum atomic E-state index is 14.3. The molecule has 0 aliphatic rings. The first-order chi connectivity index (χ1) is 16.6. The Morgan fingerprint density at radius 1 is 0.750 bits per heavy atom. The van der Waals surface area contributed by atoms with Crippen molar-refractivity contribution in [2.24, 2.45) is 0 Å². The van der Waals surface area contributed by atoms with E-state index in [1.54, 1.807) is 19.9 Å². The van der Waals surface area contributed by atoms with E-state index in [9.17, 15) is 40.5 Å². The number of rotatable bonds is 5. The van der Waals surface area contributed by atoms with Crippen LogP contribution in [-0.4, -0.2) is 11.3 Å². The molecule has 0 amide bonds. The standard InChI is InChI=1S/C26H21F6O3P/c1-13-12-14(2)20(16(4)15(13)3)24(34)36(35)23-19(25(27,28)29)11-10-18(21(23)26(30,31)32)22(33)17-8-6-5-7-9-17/h5-12,36H,1-4H3. The maximum absolute atomic E-state index is 14.3. The van der Waals surface area contributed by atoms with E-state index >= 15 is 0 Å². The zero-order valence-electron chi connectivity index (χ0n) is 19.6. The van der Waals surface area contributed by atoms with Crippen LogP contribution in [0.4, 0.5) is 26.3 Å². The summed E-state index contributed by atoms with van der Waals surface area (Å²) in [6.07, 6.45) is -10.9. The maximum Gasteiger partial charge on any atom is 0.417 e. The van der Waals surface area contributed by atoms with Crippen molar-refractivity contribution >= 4 is 24.4 Å². The van der Waals surface area contributed by atoms with Gasteiger partial charge in [0, 0.05) is 22.0 Å². The van der Waals surface area contributed by atoms with Gasteiger partial charge in [-0.05, 0) is 62.1 Å². The van der Waals surface area contributed by atoms with E-state index < -0.39 is 53.5 Å². The molecule has 0 fully saturated rings. The smallest absolute Gasteiger partial charge is 0.313 e. The van der Waals surface area contributed by atoms with Gasteiger partial charge in [-0.15, -0.1) is 0 Å². The molecule has 1 atom stereocenters. The quantitative estimate of drug-likeness (QED) is 0.201. The average Bonchev–Trinajstić information content (AvgIpc) is 2.80. The lowest BCUT2D eigenvalue weighted by Gasteiger charge is -2.22. The molecule has 36 heavy (non-hydrogen) atoms. The van der Waals surface area contributed by atoms with Gasteiger partial charge in [0.25, 0.3) is 0 Å². The summed E-state index contributed by atoms with van der Waals surface area (Å²) < 4.78 is 98.0. The first-order valence-electron chi connectivity index (χ1n) is 10.6. The van der Waals surface area contributed by atoms with Crippen molar-refractivity contribution in [1.29, 1.82) is 0 Å². The number of alkyl halides is 6. The molecule has 0 spiro atoms. The van der Waals surface area contributed by atoms with E-state index in [4.69, 9.17) is 0 Å². The van der Waals surface area contributed by atoms with Crippen LogP contribution >= 0.6 is 7.80 Å². The van der Waals surface area contributed by atoms with E-state index in [0.29, 0.717) is 17.2 Å². The molecule has 0 bridgehead atoms. The largest absolute Gasteiger partial charge is 0.417 e. The third-order valence-electron chi connectivity index (χ3n) is 6.09. The van der Waals surface area contributed by atoms with E-state index in [-0.39, 0.29) is 22.8 Å². The lowest BCUT2D eigenvalue weighted by Crippen LogP contribution is -2.30. The highest BCUT2D eigenvalue weighted by molar-refractivity contribution is 7.71. The normalized spacial score (nSPS) is 12.9. The summed E-state index contributed by atoms with van der Waals surface area (Å²) in [5, 5.41) is -1.70. The minimum atomic E-state index is -5.51. The SMILES string of the molecule is Cc1cc(C)c(C(=O)[PH](=O)c2c(C(F)(F)F)ccc(C(=O)c3ccccc3)c2C(F)(F)F)c(C)c1C. The van der Waals surface area contributed by atoms with Gasteiger partial charge in [-0.1, -0.05) is 36.4 Å². The average molecular weight is 526 g/mol. The number of halogens is 6. The molecule has 1 unspecified atom stereocenters. The Morgan fingerprint density at radius 2 is 1.33 bits per heavy atom. The number of carbonyl (C=O) groups is 2. The lowest BCUT2D eigenvalue weighted by atomic mass is 9.95. The molecule has 0 heterocycles. The predicted molar refractivity (Wildman–Crippen MR) is 125 cm³/mol. The van der Waals surface area contributed by atoms with Gasteiger partial charge in [0.05, 0.1) is 11.1 Å². The number of benzene rings is 3. The minimum Gasteiger partial charge on any atom is -0.313 e. The lowest BCUT2D eigenvalue weighted by molar-refractivity contribution is -0.141. The van der Waals surface area contributed by atoms with Crippen molar-refractivity contribution in [2.75, 3.05) is 0 Å². The molecule has 0 radical (unpaired) electrons. The number of hydrogen-bond acceptors (Lipinski definition) is 3. The van der Waals surface area contributed by atoms with E-state index in [0.717, 1.165) is 5.56 Å². The number of carbonyl (C=O) groups excluding carboxylic acids is 2. The van der Waals surface area contributed by atoms with Crippen LogP contribution in [0, 0.1) is 27.7 Å². The van der Waals surface area contributed by atoms with Crippen LogP contribution in [0.5, 0.6) is 0 Å². The Hall–Kier alpha value is -3.19. The Kier molecular flexibility index (Phi) is 7.38. The number of aryl methyl sites for hydroxylation is 2. The van der Waals surface area contributed by atoms with Gasteiger partial charge >= 0.3 is 12.4 Å². The topological polar surface area (TPSA) is 51.2 Å². The zero-order valence-corrected chi connectivity index (χ0v) is 20.6. The van der Waals surface area contributed by atoms with E-state index in [1.165, 1.54) is 44.2 Å². The van der Waals surface area contributed by atoms with Gasteiger partial charge < -0.3 is 4.57 Å². The molecule has 0 saturated heterocycles. The number of ketones is 1. The number of hydrogen-bond donors (Lipinski definition) is 0. The predicted octanol–water partition coefficient (Wildman–Crippen LogP) is 7.21. The molecule has 10 heteroatoms. The third kappa shape index (κ3) is 5.03. The van der Waals surface area contributed by atoms with Crippen molar-refractivity contribution in [1.82, 2.24) is 0 Å². The summed E-state index contributed by atoms with van der Waals surface area (Å²) in [6, 6.07) is 8.91. The summed E-state index contributed by atoms with van der Waals surface area (Å²) >= 11 is 0. The van der Waals surface area contributed by atoms with E-state index in [1.807, 2.05) is 0 Å². The fourth-order valence-electron chi connectivity index (χ4n) is 4.16.